The molecule has 0 aromatic heterocycles. The van der Waals surface area contributed by atoms with E-state index >= 15 is 0 Å². The first-order valence-electron chi connectivity index (χ1n) is 8.90. The van der Waals surface area contributed by atoms with Crippen molar-refractivity contribution in [2.24, 2.45) is 0 Å². The molecule has 0 amide bonds. The molecule has 0 unspecified atom stereocenters. The number of hydrogen-bond donors (Lipinski definition) is 2. The van der Waals surface area contributed by atoms with Gasteiger partial charge in [0.2, 0.25) is 0 Å². The maximum atomic E-state index is 9.93. The van der Waals surface area contributed by atoms with Crippen molar-refractivity contribution in [1.29, 1.82) is 0 Å². The van der Waals surface area contributed by atoms with Gasteiger partial charge in [0.1, 0.15) is 5.75 Å². The summed E-state index contributed by atoms with van der Waals surface area (Å²) in [6, 6.07) is 4.57. The predicted octanol–water partition coefficient (Wildman–Crippen LogP) is 2.84. The first kappa shape index (κ1) is 19.0. The summed E-state index contributed by atoms with van der Waals surface area (Å²) in [5.41, 5.74) is 4.48. The smallest absolute Gasteiger partial charge is 0.121 e. The fraction of sp³-hybridized carbons (Fsp3) is 0.600. The van der Waals surface area contributed by atoms with E-state index < -0.39 is 0 Å². The minimum atomic E-state index is 0.237. The lowest BCUT2D eigenvalue weighted by molar-refractivity contribution is 0.0636. The van der Waals surface area contributed by atoms with Crippen molar-refractivity contribution in [3.63, 3.8) is 0 Å². The zero-order valence-electron chi connectivity index (χ0n) is 15.5. The number of nitrogens with zero attached hydrogens (tertiary/aromatic N) is 2. The molecule has 1 saturated heterocycles. The van der Waals surface area contributed by atoms with E-state index in [4.69, 9.17) is 0 Å². The number of aliphatic hydroxyl groups is 1. The SMILES string of the molecule is CC(C)=CCN1CCN(Cc2cc(C)c(O)c(C)c2)C[C@@H]1CCO. The highest BCUT2D eigenvalue weighted by molar-refractivity contribution is 5.42. The number of allylic oxidation sites excluding steroid dienone is 1. The molecule has 1 aliphatic rings. The zero-order chi connectivity index (χ0) is 17.7. The van der Waals surface area contributed by atoms with E-state index in [9.17, 15) is 10.2 Å². The second-order valence-electron chi connectivity index (χ2n) is 7.26. The summed E-state index contributed by atoms with van der Waals surface area (Å²) in [4.78, 5) is 4.94. The molecule has 24 heavy (non-hydrogen) atoms. The van der Waals surface area contributed by atoms with Crippen LogP contribution in [0.2, 0.25) is 0 Å². The molecule has 1 aromatic rings. The third-order valence-electron chi connectivity index (χ3n) is 4.84. The highest BCUT2D eigenvalue weighted by atomic mass is 16.3. The van der Waals surface area contributed by atoms with Crippen LogP contribution in [0.15, 0.2) is 23.8 Å². The van der Waals surface area contributed by atoms with Gasteiger partial charge in [-0.3, -0.25) is 9.80 Å². The molecule has 4 nitrogen and oxygen atoms in total. The maximum Gasteiger partial charge on any atom is 0.121 e. The lowest BCUT2D eigenvalue weighted by atomic mass is 10.0. The van der Waals surface area contributed by atoms with Gasteiger partial charge in [-0.2, -0.15) is 0 Å². The normalized spacial score (nSPS) is 19.5. The van der Waals surface area contributed by atoms with E-state index in [1.165, 1.54) is 11.1 Å². The van der Waals surface area contributed by atoms with E-state index in [2.05, 4.69) is 41.9 Å². The van der Waals surface area contributed by atoms with E-state index in [-0.39, 0.29) is 6.61 Å². The van der Waals surface area contributed by atoms with Crippen molar-refractivity contribution in [3.05, 3.63) is 40.5 Å². The van der Waals surface area contributed by atoms with Crippen LogP contribution >= 0.6 is 0 Å². The maximum absolute atomic E-state index is 9.93. The second-order valence-corrected chi connectivity index (χ2v) is 7.26. The van der Waals surface area contributed by atoms with Gasteiger partial charge in [-0.05, 0) is 50.8 Å². The first-order chi connectivity index (χ1) is 11.4. The second kappa shape index (κ2) is 8.65. The first-order valence-corrected chi connectivity index (χ1v) is 8.90. The summed E-state index contributed by atoms with van der Waals surface area (Å²) in [6.45, 7) is 13.3. The monoisotopic (exact) mass is 332 g/mol. The Kier molecular flexibility index (Phi) is 6.84. The summed E-state index contributed by atoms with van der Waals surface area (Å²) < 4.78 is 0. The number of phenolic OH excluding ortho intramolecular Hbond substituents is 1. The van der Waals surface area contributed by atoms with Crippen molar-refractivity contribution in [1.82, 2.24) is 9.80 Å². The molecule has 1 heterocycles. The van der Waals surface area contributed by atoms with Gasteiger partial charge in [0, 0.05) is 45.4 Å². The summed E-state index contributed by atoms with van der Waals surface area (Å²) in [7, 11) is 0. The molecule has 1 aliphatic heterocycles. The van der Waals surface area contributed by atoms with E-state index in [0.29, 0.717) is 11.8 Å². The Balaban J connectivity index is 2.02. The third-order valence-corrected chi connectivity index (χ3v) is 4.84. The molecule has 1 aromatic carbocycles. The average Bonchev–Trinajstić information content (AvgIpc) is 2.52. The van der Waals surface area contributed by atoms with Crippen molar-refractivity contribution in [2.45, 2.75) is 46.7 Å². The summed E-state index contributed by atoms with van der Waals surface area (Å²) in [5.74, 6) is 0.406. The minimum absolute atomic E-state index is 0.237. The molecule has 1 atom stereocenters. The number of benzene rings is 1. The number of piperazine rings is 1. The standard InChI is InChI=1S/C20H32N2O2/c1-15(2)5-7-22-9-8-21(14-19(22)6-10-23)13-18-11-16(3)20(24)17(4)12-18/h5,11-12,19,23-24H,6-10,13-14H2,1-4H3/t19-/m0/s1. The highest BCUT2D eigenvalue weighted by Gasteiger charge is 2.26. The van der Waals surface area contributed by atoms with Crippen LogP contribution in [0, 0.1) is 13.8 Å². The third kappa shape index (κ3) is 5.07. The molecular weight excluding hydrogens is 300 g/mol. The average molecular weight is 332 g/mol. The topological polar surface area (TPSA) is 46.9 Å². The zero-order valence-corrected chi connectivity index (χ0v) is 15.5. The number of hydrogen-bond acceptors (Lipinski definition) is 4. The van der Waals surface area contributed by atoms with E-state index in [1.807, 2.05) is 13.8 Å². The minimum Gasteiger partial charge on any atom is -0.507 e. The Hall–Kier alpha value is -1.36. The highest BCUT2D eigenvalue weighted by Crippen LogP contribution is 2.24. The number of aryl methyl sites for hydroxylation is 2. The Labute approximate surface area is 146 Å². The number of aromatic hydroxyl groups is 1. The quantitative estimate of drug-likeness (QED) is 0.787. The van der Waals surface area contributed by atoms with Crippen LogP contribution < -0.4 is 0 Å². The van der Waals surface area contributed by atoms with Crippen LogP contribution in [-0.4, -0.2) is 58.8 Å². The molecule has 0 radical (unpaired) electrons. The fourth-order valence-corrected chi connectivity index (χ4v) is 3.46. The molecule has 0 spiro atoms. The lowest BCUT2D eigenvalue weighted by Gasteiger charge is -2.41. The van der Waals surface area contributed by atoms with Gasteiger partial charge in [-0.15, -0.1) is 0 Å². The van der Waals surface area contributed by atoms with Crippen LogP contribution in [-0.2, 0) is 6.54 Å². The Bertz CT molecular complexity index is 556. The van der Waals surface area contributed by atoms with Crippen LogP contribution in [0.3, 0.4) is 0 Å². The van der Waals surface area contributed by atoms with Crippen molar-refractivity contribution < 1.29 is 10.2 Å². The van der Waals surface area contributed by atoms with Gasteiger partial charge >= 0.3 is 0 Å². The molecule has 0 bridgehead atoms. The van der Waals surface area contributed by atoms with Crippen LogP contribution in [0.5, 0.6) is 5.75 Å². The van der Waals surface area contributed by atoms with Crippen molar-refractivity contribution >= 4 is 0 Å². The van der Waals surface area contributed by atoms with Crippen molar-refractivity contribution in [3.8, 4) is 5.75 Å². The summed E-state index contributed by atoms with van der Waals surface area (Å²) >= 11 is 0. The van der Waals surface area contributed by atoms with Crippen molar-refractivity contribution in [2.75, 3.05) is 32.8 Å². The van der Waals surface area contributed by atoms with E-state index in [1.54, 1.807) is 0 Å². The molecule has 134 valence electrons. The van der Waals surface area contributed by atoms with Gasteiger partial charge in [-0.1, -0.05) is 23.8 Å². The molecule has 0 saturated carbocycles. The van der Waals surface area contributed by atoms with Gasteiger partial charge < -0.3 is 10.2 Å². The predicted molar refractivity (Wildman–Crippen MR) is 99.4 cm³/mol. The molecular formula is C20H32N2O2. The molecule has 4 heteroatoms. The van der Waals surface area contributed by atoms with Crippen LogP contribution in [0.25, 0.3) is 0 Å². The lowest BCUT2D eigenvalue weighted by Crippen LogP contribution is -2.53. The molecule has 1 fully saturated rings. The van der Waals surface area contributed by atoms with E-state index in [0.717, 1.165) is 50.3 Å². The van der Waals surface area contributed by atoms with Gasteiger partial charge in [0.05, 0.1) is 0 Å². The largest absolute Gasteiger partial charge is 0.507 e. The number of rotatable bonds is 6. The van der Waals surface area contributed by atoms with Gasteiger partial charge in [0.25, 0.3) is 0 Å². The van der Waals surface area contributed by atoms with Crippen LogP contribution in [0.1, 0.15) is 37.0 Å². The van der Waals surface area contributed by atoms with Crippen LogP contribution in [0.4, 0.5) is 0 Å². The molecule has 2 N–H and O–H groups in total. The summed E-state index contributed by atoms with van der Waals surface area (Å²) in [5, 5.41) is 19.3. The Morgan fingerprint density at radius 3 is 2.46 bits per heavy atom. The summed E-state index contributed by atoms with van der Waals surface area (Å²) in [6.07, 6.45) is 3.09. The van der Waals surface area contributed by atoms with Gasteiger partial charge in [0.15, 0.2) is 0 Å². The van der Waals surface area contributed by atoms with Gasteiger partial charge in [-0.25, -0.2) is 0 Å². The fourth-order valence-electron chi connectivity index (χ4n) is 3.46. The Morgan fingerprint density at radius 1 is 1.21 bits per heavy atom. The number of phenols is 1. The molecule has 0 aliphatic carbocycles. The molecule has 2 rings (SSSR count). The Morgan fingerprint density at radius 2 is 1.88 bits per heavy atom. The number of aliphatic hydroxyl groups excluding tert-OH is 1.